The van der Waals surface area contributed by atoms with Crippen LogP contribution in [0.5, 0.6) is 0 Å². The van der Waals surface area contributed by atoms with Gasteiger partial charge in [0.15, 0.2) is 0 Å². The van der Waals surface area contributed by atoms with Crippen molar-refractivity contribution in [3.63, 3.8) is 0 Å². The third-order valence-corrected chi connectivity index (χ3v) is 30.6. The van der Waals surface area contributed by atoms with E-state index in [1.165, 1.54) is 21.9 Å². The fourth-order valence-corrected chi connectivity index (χ4v) is 1.78. The largest absolute Gasteiger partial charge is 0.211 e. The minimum Gasteiger partial charge on any atom is -0.211 e. The molecule has 0 spiro atoms. The van der Waals surface area contributed by atoms with E-state index < -0.39 is 17.7 Å². The monoisotopic (exact) mass is 516 g/mol. The Morgan fingerprint density at radius 3 is 2.05 bits per heavy atom. The number of aryl methyl sites for hydroxylation is 2. The maximum atomic E-state index is 5.64. The predicted molar refractivity (Wildman–Crippen MR) is 100 cm³/mol. The molecular formula is C18H22Cl2HfSi-2. The van der Waals surface area contributed by atoms with Crippen molar-refractivity contribution in [2.45, 2.75) is 26.9 Å². The summed E-state index contributed by atoms with van der Waals surface area (Å²) in [6.07, 6.45) is 0. The first-order valence-electron chi connectivity index (χ1n) is 7.19. The Hall–Kier alpha value is -0.153. The molecule has 0 heterocycles. The van der Waals surface area contributed by atoms with Gasteiger partial charge in [-0.3, -0.25) is 0 Å². The molecule has 0 aliphatic carbocycles. The van der Waals surface area contributed by atoms with E-state index >= 15 is 0 Å². The quantitative estimate of drug-likeness (QED) is 0.230. The van der Waals surface area contributed by atoms with Gasteiger partial charge in [0.2, 0.25) is 0 Å². The minimum absolute atomic E-state index is 0.208. The molecule has 4 heteroatoms. The molecule has 0 fully saturated rings. The van der Waals surface area contributed by atoms with Crippen molar-refractivity contribution in [1.29, 1.82) is 0 Å². The Balaban J connectivity index is 0.000000176. The number of benzene rings is 1. The second-order valence-corrected chi connectivity index (χ2v) is 37.0. The fraction of sp³-hybridized carbons (Fsp3) is 0.222. The van der Waals surface area contributed by atoms with Crippen LogP contribution in [0.1, 0.15) is 11.1 Å². The zero-order valence-electron chi connectivity index (χ0n) is 13.5. The van der Waals surface area contributed by atoms with Crippen LogP contribution in [0.2, 0.25) is 13.1 Å². The van der Waals surface area contributed by atoms with E-state index in [9.17, 15) is 0 Å². The van der Waals surface area contributed by atoms with E-state index in [0.29, 0.717) is 0 Å². The molecule has 3 aromatic carbocycles. The zero-order valence-corrected chi connectivity index (χ0v) is 19.6. The van der Waals surface area contributed by atoms with Crippen LogP contribution in [0.25, 0.3) is 10.8 Å². The van der Waals surface area contributed by atoms with Gasteiger partial charge in [-0.1, -0.05) is 19.9 Å². The maximum absolute atomic E-state index is 5.64. The summed E-state index contributed by atoms with van der Waals surface area (Å²) >= 11 is -1.78. The molecular weight excluding hydrogens is 494 g/mol. The average Bonchev–Trinajstić information content (AvgIpc) is 3.10. The molecule has 3 aromatic rings. The molecule has 0 N–H and O–H groups in total. The van der Waals surface area contributed by atoms with Crippen molar-refractivity contribution in [1.82, 2.24) is 0 Å². The number of fused-ring (bicyclic) bond motifs is 1. The fourth-order valence-electron chi connectivity index (χ4n) is 1.78. The van der Waals surface area contributed by atoms with Crippen LogP contribution >= 0.6 is 17.2 Å². The summed E-state index contributed by atoms with van der Waals surface area (Å²) < 4.78 is 0. The second kappa shape index (κ2) is 10.6. The van der Waals surface area contributed by atoms with Crippen molar-refractivity contribution < 1.29 is 17.7 Å². The van der Waals surface area contributed by atoms with E-state index in [2.05, 4.69) is 75.5 Å². The van der Waals surface area contributed by atoms with Gasteiger partial charge in [0.05, 0.1) is 0 Å². The third-order valence-electron chi connectivity index (χ3n) is 3.11. The summed E-state index contributed by atoms with van der Waals surface area (Å²) in [6.45, 7) is 8.57. The first-order chi connectivity index (χ1) is 10.4. The number of halogens is 2. The molecule has 118 valence electrons. The van der Waals surface area contributed by atoms with E-state index in [0.717, 1.165) is 0 Å². The Morgan fingerprint density at radius 1 is 1.00 bits per heavy atom. The van der Waals surface area contributed by atoms with Crippen molar-refractivity contribution in [3.8, 4) is 0 Å². The van der Waals surface area contributed by atoms with Crippen molar-refractivity contribution in [2.75, 3.05) is 0 Å². The third kappa shape index (κ3) is 7.41. The minimum atomic E-state index is -1.78. The Bertz CT molecular complexity index is 694. The van der Waals surface area contributed by atoms with Gasteiger partial charge in [-0.15, -0.1) is 35.0 Å². The first kappa shape index (κ1) is 19.9. The molecule has 0 aliphatic rings. The van der Waals surface area contributed by atoms with Gasteiger partial charge in [-0.2, -0.15) is 29.8 Å². The Labute approximate surface area is 149 Å². The SMILES string of the molecule is C[Si](C)=[Hf]([Cl])[Cl].Cc1c[cH-]c2ccccc12.Cc1cc[cH-]c1. The van der Waals surface area contributed by atoms with E-state index in [-0.39, 0.29) is 5.49 Å². The summed E-state index contributed by atoms with van der Waals surface area (Å²) in [5.41, 5.74) is 2.51. The summed E-state index contributed by atoms with van der Waals surface area (Å²) in [6, 6.07) is 21.0. The summed E-state index contributed by atoms with van der Waals surface area (Å²) in [7, 11) is 11.3. The van der Waals surface area contributed by atoms with Crippen molar-refractivity contribution in [3.05, 3.63) is 71.8 Å². The van der Waals surface area contributed by atoms with Crippen LogP contribution in [-0.2, 0) is 17.7 Å². The van der Waals surface area contributed by atoms with Crippen molar-refractivity contribution in [2.24, 2.45) is 0 Å². The van der Waals surface area contributed by atoms with E-state index in [1.807, 2.05) is 12.1 Å². The molecule has 0 radical (unpaired) electrons. The number of hydrogen-bond donors (Lipinski definition) is 0. The van der Waals surface area contributed by atoms with Crippen LogP contribution in [0.15, 0.2) is 60.7 Å². The second-order valence-electron chi connectivity index (χ2n) is 5.33. The smallest absolute Gasteiger partial charge is 0.0809 e. The molecule has 0 saturated carbocycles. The van der Waals surface area contributed by atoms with Crippen LogP contribution in [-0.4, -0.2) is 5.49 Å². The van der Waals surface area contributed by atoms with Gasteiger partial charge in [0, 0.05) is 0 Å². The van der Waals surface area contributed by atoms with Gasteiger partial charge < -0.3 is 0 Å². The normalized spacial score (nSPS) is 9.36. The van der Waals surface area contributed by atoms with Crippen LogP contribution in [0, 0.1) is 13.8 Å². The topological polar surface area (TPSA) is 0 Å². The van der Waals surface area contributed by atoms with Gasteiger partial charge in [0.25, 0.3) is 0 Å². The molecule has 3 rings (SSSR count). The maximum Gasteiger partial charge on any atom is -0.0809 e. The van der Waals surface area contributed by atoms with Crippen LogP contribution < -0.4 is 0 Å². The Morgan fingerprint density at radius 2 is 1.64 bits per heavy atom. The molecule has 0 aliphatic heterocycles. The van der Waals surface area contributed by atoms with Crippen LogP contribution in [0.4, 0.5) is 0 Å². The number of rotatable bonds is 0. The van der Waals surface area contributed by atoms with Crippen molar-refractivity contribution >= 4 is 33.4 Å². The molecule has 0 bridgehead atoms. The van der Waals surface area contributed by atoms with Crippen LogP contribution in [0.3, 0.4) is 0 Å². The van der Waals surface area contributed by atoms with Gasteiger partial charge in [0.1, 0.15) is 0 Å². The summed E-state index contributed by atoms with van der Waals surface area (Å²) in [5.74, 6) is 0. The standard InChI is InChI=1S/C10H9.C6H7.C2H6Si.2ClH.Hf/c1-8-6-7-9-4-2-3-5-10(8)9;1-6-4-2-3-5-6;1-3-2;;;/h2-7H,1H3;2-5H,1H3;1-2H3;2*1H;/q2*-1;;;;+2/p-2. The molecule has 0 atom stereocenters. The molecule has 0 saturated heterocycles. The van der Waals surface area contributed by atoms with Gasteiger partial charge >= 0.3 is 53.4 Å². The van der Waals surface area contributed by atoms with E-state index in [4.69, 9.17) is 17.2 Å². The number of hydrogen-bond acceptors (Lipinski definition) is 0. The van der Waals surface area contributed by atoms with Gasteiger partial charge in [-0.25, -0.2) is 11.6 Å². The molecule has 0 nitrogen and oxygen atoms in total. The molecule has 0 unspecified atom stereocenters. The van der Waals surface area contributed by atoms with Gasteiger partial charge in [-0.05, 0) is 0 Å². The zero-order chi connectivity index (χ0) is 16.5. The molecule has 0 aromatic heterocycles. The summed E-state index contributed by atoms with van der Waals surface area (Å²) in [4.78, 5) is 0. The molecule has 22 heavy (non-hydrogen) atoms. The van der Waals surface area contributed by atoms with E-state index in [1.54, 1.807) is 0 Å². The first-order valence-corrected chi connectivity index (χ1v) is 24.0. The molecule has 0 amide bonds. The predicted octanol–water partition coefficient (Wildman–Crippen LogP) is 6.74. The summed E-state index contributed by atoms with van der Waals surface area (Å²) in [5, 5.41) is 2.72. The Kier molecular flexibility index (Phi) is 9.58. The average molecular weight is 516 g/mol.